The van der Waals surface area contributed by atoms with Gasteiger partial charge in [0.05, 0.1) is 0 Å². The Balaban J connectivity index is 0.000000852. The molecular formula is C22H32F3N5O4. The van der Waals surface area contributed by atoms with Crippen molar-refractivity contribution in [3.8, 4) is 5.88 Å². The molecule has 1 unspecified atom stereocenters. The van der Waals surface area contributed by atoms with Gasteiger partial charge in [-0.15, -0.1) is 0 Å². The van der Waals surface area contributed by atoms with Gasteiger partial charge in [-0.1, -0.05) is 32.8 Å². The van der Waals surface area contributed by atoms with Crippen molar-refractivity contribution in [3.63, 3.8) is 0 Å². The number of halogens is 3. The zero-order chi connectivity index (χ0) is 25.7. The highest BCUT2D eigenvalue weighted by molar-refractivity contribution is 6.40. The Morgan fingerprint density at radius 3 is 2.44 bits per heavy atom. The van der Waals surface area contributed by atoms with Crippen LogP contribution in [0.5, 0.6) is 5.88 Å². The molecular weight excluding hydrogens is 455 g/mol. The van der Waals surface area contributed by atoms with Crippen LogP contribution in [0.15, 0.2) is 35.1 Å². The van der Waals surface area contributed by atoms with Crippen LogP contribution in [0.2, 0.25) is 0 Å². The number of aliphatic imine (C=N–C) groups is 1. The number of hydrogen-bond acceptors (Lipinski definition) is 7. The van der Waals surface area contributed by atoms with Crippen molar-refractivity contribution in [2.24, 2.45) is 10.7 Å². The molecule has 0 saturated heterocycles. The van der Waals surface area contributed by atoms with E-state index in [1.807, 2.05) is 0 Å². The summed E-state index contributed by atoms with van der Waals surface area (Å²) in [7, 11) is 0. The van der Waals surface area contributed by atoms with Gasteiger partial charge in [-0.05, 0) is 31.5 Å². The van der Waals surface area contributed by atoms with E-state index >= 15 is 0 Å². The second kappa shape index (κ2) is 14.2. The van der Waals surface area contributed by atoms with Gasteiger partial charge in [0.1, 0.15) is 5.71 Å². The highest BCUT2D eigenvalue weighted by atomic mass is 19.4. The van der Waals surface area contributed by atoms with E-state index in [1.54, 1.807) is 18.7 Å². The minimum Gasteiger partial charge on any atom is -0.477 e. The van der Waals surface area contributed by atoms with Gasteiger partial charge in [0.2, 0.25) is 11.8 Å². The van der Waals surface area contributed by atoms with E-state index < -0.39 is 25.0 Å². The summed E-state index contributed by atoms with van der Waals surface area (Å²) in [5, 5.41) is 11.8. The summed E-state index contributed by atoms with van der Waals surface area (Å²) in [6.07, 6.45) is 1.27. The number of carboxylic acid groups (broad SMARTS) is 1. The van der Waals surface area contributed by atoms with Gasteiger partial charge in [0.25, 0.3) is 0 Å². The van der Waals surface area contributed by atoms with Crippen LogP contribution in [0.1, 0.15) is 52.0 Å². The predicted octanol–water partition coefficient (Wildman–Crippen LogP) is 3.21. The third kappa shape index (κ3) is 10.6. The molecule has 34 heavy (non-hydrogen) atoms. The number of nitrogens with zero attached hydrogens (tertiary/aromatic N) is 3. The molecule has 1 atom stereocenters. The molecule has 2 rings (SSSR count). The number of nitrogens with two attached hydrogens (primary N) is 1. The summed E-state index contributed by atoms with van der Waals surface area (Å²) in [6.45, 7) is 5.10. The largest absolute Gasteiger partial charge is 0.477 e. The maximum Gasteiger partial charge on any atom is 0.422 e. The number of pyridine rings is 1. The lowest BCUT2D eigenvalue weighted by molar-refractivity contribution is -0.154. The monoisotopic (exact) mass is 487 g/mol. The van der Waals surface area contributed by atoms with E-state index in [2.05, 4.69) is 27.0 Å². The molecule has 9 nitrogen and oxygen atoms in total. The van der Waals surface area contributed by atoms with E-state index in [-0.39, 0.29) is 30.5 Å². The first kappa shape index (κ1) is 28.9. The van der Waals surface area contributed by atoms with E-state index in [4.69, 9.17) is 10.8 Å². The molecule has 0 aromatic carbocycles. The van der Waals surface area contributed by atoms with Gasteiger partial charge in [-0.25, -0.2) is 14.8 Å². The fourth-order valence-corrected chi connectivity index (χ4v) is 2.73. The van der Waals surface area contributed by atoms with Gasteiger partial charge in [-0.2, -0.15) is 13.2 Å². The number of allylic oxidation sites excluding steroid dienone is 1. The standard InChI is InChI=1S/C17H19F3N4O4.C5H13N/c1-3-13(25)23-16-22-12(15(26)27)6-10(2)24(16)8-11-4-5-14(21-7-11)28-9-17(18,19)20;1-2-3-4-5-6/h4-7,16H,3,8-9H2,1-2H3,(H,23,25)(H,26,27);2-6H2,1H3. The Morgan fingerprint density at radius 1 is 1.26 bits per heavy atom. The Kier molecular flexibility index (Phi) is 12.1. The average molecular weight is 488 g/mol. The van der Waals surface area contributed by atoms with E-state index in [0.29, 0.717) is 11.3 Å². The van der Waals surface area contributed by atoms with Crippen LogP contribution in [0.3, 0.4) is 0 Å². The summed E-state index contributed by atoms with van der Waals surface area (Å²) in [4.78, 5) is 32.5. The fraction of sp³-hybridized carbons (Fsp3) is 0.545. The number of amides is 1. The first-order chi connectivity index (χ1) is 16.0. The molecule has 1 aromatic rings. The SMILES string of the molecule is CCC(=O)NC1N=C(C(=O)O)C=C(C)N1Cc1ccc(OCC(F)(F)F)nc1.CCCCCN. The molecule has 12 heteroatoms. The maximum atomic E-state index is 12.2. The summed E-state index contributed by atoms with van der Waals surface area (Å²) in [6, 6.07) is 2.83. The second-order valence-electron chi connectivity index (χ2n) is 7.43. The summed E-state index contributed by atoms with van der Waals surface area (Å²) >= 11 is 0. The van der Waals surface area contributed by atoms with Crippen LogP contribution in [-0.2, 0) is 16.1 Å². The number of rotatable bonds is 10. The van der Waals surface area contributed by atoms with Crippen molar-refractivity contribution in [2.75, 3.05) is 13.2 Å². The number of unbranched alkanes of at least 4 members (excludes halogenated alkanes) is 2. The molecule has 1 aliphatic rings. The van der Waals surface area contributed by atoms with Crippen LogP contribution in [0.25, 0.3) is 0 Å². The van der Waals surface area contributed by atoms with E-state index in [1.165, 1.54) is 43.7 Å². The smallest absolute Gasteiger partial charge is 0.422 e. The molecule has 1 aromatic heterocycles. The zero-order valence-corrected chi connectivity index (χ0v) is 19.6. The predicted molar refractivity (Wildman–Crippen MR) is 121 cm³/mol. The lowest BCUT2D eigenvalue weighted by Crippen LogP contribution is -2.48. The van der Waals surface area contributed by atoms with Gasteiger partial charge in [0, 0.05) is 30.9 Å². The van der Waals surface area contributed by atoms with Crippen LogP contribution < -0.4 is 15.8 Å². The number of carbonyl (C=O) groups excluding carboxylic acids is 1. The number of carboxylic acids is 1. The molecule has 0 spiro atoms. The third-order valence-electron chi connectivity index (χ3n) is 4.53. The number of aromatic nitrogens is 1. The summed E-state index contributed by atoms with van der Waals surface area (Å²) < 4.78 is 41.1. The molecule has 1 amide bonds. The topological polar surface area (TPSA) is 130 Å². The van der Waals surface area contributed by atoms with E-state index in [9.17, 15) is 22.8 Å². The van der Waals surface area contributed by atoms with Crippen molar-refractivity contribution < 1.29 is 32.6 Å². The summed E-state index contributed by atoms with van der Waals surface area (Å²) in [5.41, 5.74) is 6.18. The summed E-state index contributed by atoms with van der Waals surface area (Å²) in [5.74, 6) is -1.70. The molecule has 0 aliphatic carbocycles. The Labute approximate surface area is 196 Å². The van der Waals surface area contributed by atoms with Crippen LogP contribution >= 0.6 is 0 Å². The lowest BCUT2D eigenvalue weighted by Gasteiger charge is -2.34. The van der Waals surface area contributed by atoms with Crippen molar-refractivity contribution in [1.82, 2.24) is 15.2 Å². The molecule has 0 bridgehead atoms. The number of nitrogens with one attached hydrogen (secondary N) is 1. The molecule has 4 N–H and O–H groups in total. The minimum absolute atomic E-state index is 0.172. The van der Waals surface area contributed by atoms with Gasteiger partial charge >= 0.3 is 12.1 Å². The second-order valence-corrected chi connectivity index (χ2v) is 7.43. The number of alkyl halides is 3. The normalized spacial score (nSPS) is 15.5. The van der Waals surface area contributed by atoms with E-state index in [0.717, 1.165) is 6.54 Å². The molecule has 0 radical (unpaired) electrons. The number of hydrogen-bond donors (Lipinski definition) is 3. The Hall–Kier alpha value is -3.15. The molecule has 0 fully saturated rings. The van der Waals surface area contributed by atoms with Crippen molar-refractivity contribution in [2.45, 2.75) is 65.5 Å². The lowest BCUT2D eigenvalue weighted by atomic mass is 10.2. The van der Waals surface area contributed by atoms with Gasteiger partial charge in [0.15, 0.2) is 12.9 Å². The van der Waals surface area contributed by atoms with Crippen molar-refractivity contribution >= 4 is 17.6 Å². The first-order valence-corrected chi connectivity index (χ1v) is 10.9. The zero-order valence-electron chi connectivity index (χ0n) is 19.6. The van der Waals surface area contributed by atoms with Gasteiger partial charge < -0.3 is 25.8 Å². The van der Waals surface area contributed by atoms with Crippen molar-refractivity contribution in [3.05, 3.63) is 35.7 Å². The molecule has 2 heterocycles. The molecule has 190 valence electrons. The van der Waals surface area contributed by atoms with Gasteiger partial charge in [-0.3, -0.25) is 4.79 Å². The van der Waals surface area contributed by atoms with Crippen LogP contribution in [0.4, 0.5) is 13.2 Å². The Bertz CT molecular complexity index is 853. The highest BCUT2D eigenvalue weighted by Gasteiger charge is 2.29. The third-order valence-corrected chi connectivity index (χ3v) is 4.53. The number of ether oxygens (including phenoxy) is 1. The highest BCUT2D eigenvalue weighted by Crippen LogP contribution is 2.21. The quantitative estimate of drug-likeness (QED) is 0.432. The Morgan fingerprint density at radius 2 is 1.97 bits per heavy atom. The number of aliphatic carboxylic acids is 1. The average Bonchev–Trinajstić information content (AvgIpc) is 2.78. The van der Waals surface area contributed by atoms with Crippen molar-refractivity contribution in [1.29, 1.82) is 0 Å². The first-order valence-electron chi connectivity index (χ1n) is 10.9. The number of carbonyl (C=O) groups is 2. The fourth-order valence-electron chi connectivity index (χ4n) is 2.73. The van der Waals surface area contributed by atoms with Crippen LogP contribution in [0, 0.1) is 0 Å². The molecule has 0 saturated carbocycles. The van der Waals surface area contributed by atoms with Crippen LogP contribution in [-0.4, -0.2) is 58.2 Å². The molecule has 1 aliphatic heterocycles. The minimum atomic E-state index is -4.46. The maximum absolute atomic E-state index is 12.2.